The van der Waals surface area contributed by atoms with Crippen molar-refractivity contribution < 1.29 is 18.0 Å². The monoisotopic (exact) mass is 331 g/mol. The molecule has 1 amide bonds. The minimum absolute atomic E-state index is 0.0645. The van der Waals surface area contributed by atoms with Gasteiger partial charge in [-0.3, -0.25) is 9.48 Å². The Balaban J connectivity index is 2.28. The van der Waals surface area contributed by atoms with E-state index in [-0.39, 0.29) is 6.04 Å². The van der Waals surface area contributed by atoms with Crippen LogP contribution in [0.5, 0.6) is 0 Å². The van der Waals surface area contributed by atoms with Crippen molar-refractivity contribution >= 4 is 5.91 Å². The minimum Gasteiger partial charge on any atom is -0.349 e. The molecular weight excluding hydrogens is 307 g/mol. The van der Waals surface area contributed by atoms with E-state index in [2.05, 4.69) is 17.3 Å². The number of carbonyl (C=O) groups is 1. The maximum atomic E-state index is 13.4. The van der Waals surface area contributed by atoms with Crippen molar-refractivity contribution in [1.82, 2.24) is 15.1 Å². The van der Waals surface area contributed by atoms with Gasteiger partial charge in [-0.05, 0) is 39.5 Å². The van der Waals surface area contributed by atoms with E-state index in [1.165, 1.54) is 0 Å². The summed E-state index contributed by atoms with van der Waals surface area (Å²) in [5, 5.41) is 6.57. The van der Waals surface area contributed by atoms with E-state index in [1.54, 1.807) is 20.8 Å². The molecule has 2 unspecified atom stereocenters. The zero-order chi connectivity index (χ0) is 17.4. The third-order valence-electron chi connectivity index (χ3n) is 4.19. The van der Waals surface area contributed by atoms with Gasteiger partial charge in [0.25, 0.3) is 5.91 Å². The number of amides is 1. The van der Waals surface area contributed by atoms with Gasteiger partial charge in [-0.15, -0.1) is 0 Å². The first-order chi connectivity index (χ1) is 10.5. The number of carbonyl (C=O) groups excluding carboxylic acids is 1. The van der Waals surface area contributed by atoms with Crippen LogP contribution in [0.25, 0.3) is 0 Å². The highest BCUT2D eigenvalue weighted by atomic mass is 19.4. The van der Waals surface area contributed by atoms with Crippen molar-refractivity contribution in [1.29, 1.82) is 0 Å². The topological polar surface area (TPSA) is 46.9 Å². The number of nitrogens with zero attached hydrogens (tertiary/aromatic N) is 2. The molecule has 130 valence electrons. The van der Waals surface area contributed by atoms with E-state index in [0.717, 1.165) is 36.6 Å². The third kappa shape index (κ3) is 4.06. The lowest BCUT2D eigenvalue weighted by atomic mass is 9.87. The molecule has 0 saturated heterocycles. The fourth-order valence-corrected chi connectivity index (χ4v) is 3.12. The van der Waals surface area contributed by atoms with Crippen LogP contribution in [0.2, 0.25) is 0 Å². The third-order valence-corrected chi connectivity index (χ3v) is 4.19. The van der Waals surface area contributed by atoms with E-state index in [1.807, 2.05) is 0 Å². The molecule has 2 atom stereocenters. The molecule has 0 aliphatic heterocycles. The van der Waals surface area contributed by atoms with Gasteiger partial charge in [0.1, 0.15) is 0 Å². The summed E-state index contributed by atoms with van der Waals surface area (Å²) in [5.74, 6) is -0.208. The maximum absolute atomic E-state index is 13.4. The van der Waals surface area contributed by atoms with Crippen LogP contribution < -0.4 is 5.32 Å². The zero-order valence-corrected chi connectivity index (χ0v) is 14.0. The molecule has 1 aromatic heterocycles. The molecule has 1 saturated carbocycles. The van der Waals surface area contributed by atoms with Gasteiger partial charge in [0, 0.05) is 6.04 Å². The Labute approximate surface area is 134 Å². The second kappa shape index (κ2) is 6.17. The van der Waals surface area contributed by atoms with E-state index < -0.39 is 28.9 Å². The van der Waals surface area contributed by atoms with E-state index in [4.69, 9.17) is 0 Å². The molecule has 1 N–H and O–H groups in total. The summed E-state index contributed by atoms with van der Waals surface area (Å²) in [6.07, 6.45) is 0.0962. The SMILES string of the molecule is CC1CCCC(NC(=O)c2cnn(C(C)(C)C)c2C(F)(F)F)C1. The van der Waals surface area contributed by atoms with Crippen LogP contribution in [0.3, 0.4) is 0 Å². The zero-order valence-electron chi connectivity index (χ0n) is 14.0. The van der Waals surface area contributed by atoms with Gasteiger partial charge in [-0.25, -0.2) is 0 Å². The standard InChI is InChI=1S/C16H24F3N3O/c1-10-6-5-7-11(8-10)21-14(23)12-9-20-22(15(2,3)4)13(12)16(17,18)19/h9-11H,5-8H2,1-4H3,(H,21,23). The molecule has 1 fully saturated rings. The highest BCUT2D eigenvalue weighted by molar-refractivity contribution is 5.95. The van der Waals surface area contributed by atoms with Gasteiger partial charge in [0.15, 0.2) is 5.69 Å². The van der Waals surface area contributed by atoms with Crippen LogP contribution in [-0.4, -0.2) is 21.7 Å². The molecule has 1 heterocycles. The van der Waals surface area contributed by atoms with Crippen molar-refractivity contribution in [2.75, 3.05) is 0 Å². The van der Waals surface area contributed by atoms with Crippen LogP contribution in [0.4, 0.5) is 13.2 Å². The number of rotatable bonds is 2. The van der Waals surface area contributed by atoms with Crippen molar-refractivity contribution in [2.45, 2.75) is 71.1 Å². The van der Waals surface area contributed by atoms with Crippen LogP contribution in [-0.2, 0) is 11.7 Å². The van der Waals surface area contributed by atoms with Gasteiger partial charge in [-0.1, -0.05) is 19.8 Å². The van der Waals surface area contributed by atoms with E-state index in [9.17, 15) is 18.0 Å². The van der Waals surface area contributed by atoms with Crippen molar-refractivity contribution in [2.24, 2.45) is 5.92 Å². The summed E-state index contributed by atoms with van der Waals surface area (Å²) in [6.45, 7) is 6.97. The molecule has 0 radical (unpaired) electrons. The lowest BCUT2D eigenvalue weighted by Crippen LogP contribution is -2.39. The van der Waals surface area contributed by atoms with Crippen LogP contribution >= 0.6 is 0 Å². The van der Waals surface area contributed by atoms with Gasteiger partial charge in [0.2, 0.25) is 0 Å². The number of halogens is 3. The molecule has 0 spiro atoms. The summed E-state index contributed by atoms with van der Waals surface area (Å²) in [6, 6.07) is -0.0645. The van der Waals surface area contributed by atoms with Gasteiger partial charge in [-0.2, -0.15) is 18.3 Å². The lowest BCUT2D eigenvalue weighted by Gasteiger charge is -2.28. The summed E-state index contributed by atoms with van der Waals surface area (Å²) in [7, 11) is 0. The maximum Gasteiger partial charge on any atom is 0.433 e. The lowest BCUT2D eigenvalue weighted by molar-refractivity contribution is -0.146. The number of hydrogen-bond donors (Lipinski definition) is 1. The molecule has 1 aromatic rings. The molecular formula is C16H24F3N3O. The molecule has 2 rings (SSSR count). The van der Waals surface area contributed by atoms with Crippen molar-refractivity contribution in [3.63, 3.8) is 0 Å². The second-order valence-corrected chi connectivity index (χ2v) is 7.43. The van der Waals surface area contributed by atoms with Crippen LogP contribution in [0, 0.1) is 5.92 Å². The Kier molecular flexibility index (Phi) is 4.78. The first kappa shape index (κ1) is 17.8. The molecule has 0 bridgehead atoms. The first-order valence-corrected chi connectivity index (χ1v) is 7.96. The van der Waals surface area contributed by atoms with Gasteiger partial charge < -0.3 is 5.32 Å². The Bertz CT molecular complexity index is 572. The normalized spacial score (nSPS) is 22.9. The number of aromatic nitrogens is 2. The average Bonchev–Trinajstić information content (AvgIpc) is 2.83. The predicted molar refractivity (Wildman–Crippen MR) is 81.1 cm³/mol. The van der Waals surface area contributed by atoms with E-state index >= 15 is 0 Å². The van der Waals surface area contributed by atoms with Crippen molar-refractivity contribution in [3.8, 4) is 0 Å². The summed E-state index contributed by atoms with van der Waals surface area (Å²) < 4.78 is 41.2. The first-order valence-electron chi connectivity index (χ1n) is 7.96. The summed E-state index contributed by atoms with van der Waals surface area (Å²) in [5.41, 5.74) is -2.24. The highest BCUT2D eigenvalue weighted by Crippen LogP contribution is 2.35. The second-order valence-electron chi connectivity index (χ2n) is 7.43. The number of alkyl halides is 3. The summed E-state index contributed by atoms with van der Waals surface area (Å²) in [4.78, 5) is 12.4. The molecule has 1 aliphatic rings. The largest absolute Gasteiger partial charge is 0.433 e. The predicted octanol–water partition coefficient (Wildman–Crippen LogP) is 3.97. The number of hydrogen-bond acceptors (Lipinski definition) is 2. The van der Waals surface area contributed by atoms with Crippen LogP contribution in [0.1, 0.15) is 69.4 Å². The average molecular weight is 331 g/mol. The Hall–Kier alpha value is -1.53. The van der Waals surface area contributed by atoms with Gasteiger partial charge in [0.05, 0.1) is 17.3 Å². The Morgan fingerprint density at radius 1 is 1.30 bits per heavy atom. The molecule has 4 nitrogen and oxygen atoms in total. The van der Waals surface area contributed by atoms with Gasteiger partial charge >= 0.3 is 6.18 Å². The van der Waals surface area contributed by atoms with E-state index in [0.29, 0.717) is 5.92 Å². The smallest absolute Gasteiger partial charge is 0.349 e. The fraction of sp³-hybridized carbons (Fsp3) is 0.750. The highest BCUT2D eigenvalue weighted by Gasteiger charge is 2.42. The molecule has 23 heavy (non-hydrogen) atoms. The molecule has 0 aromatic carbocycles. The molecule has 7 heteroatoms. The quantitative estimate of drug-likeness (QED) is 0.891. The minimum atomic E-state index is -4.63. The fourth-order valence-electron chi connectivity index (χ4n) is 3.12. The number of nitrogens with one attached hydrogen (secondary N) is 1. The van der Waals surface area contributed by atoms with Crippen molar-refractivity contribution in [3.05, 3.63) is 17.5 Å². The van der Waals surface area contributed by atoms with Crippen LogP contribution in [0.15, 0.2) is 6.20 Å². The Morgan fingerprint density at radius 2 is 1.96 bits per heavy atom. The summed E-state index contributed by atoms with van der Waals surface area (Å²) >= 11 is 0. The molecule has 1 aliphatic carbocycles. The Morgan fingerprint density at radius 3 is 2.48 bits per heavy atom.